The quantitative estimate of drug-likeness (QED) is 0.804. The van der Waals surface area contributed by atoms with E-state index in [1.807, 2.05) is 30.3 Å². The second-order valence-corrected chi connectivity index (χ2v) is 6.91. The van der Waals surface area contributed by atoms with Gasteiger partial charge in [-0.3, -0.25) is 10.1 Å². The monoisotopic (exact) mass is 351 g/mol. The van der Waals surface area contributed by atoms with Crippen LogP contribution in [-0.4, -0.2) is 18.0 Å². The van der Waals surface area contributed by atoms with Gasteiger partial charge in [-0.2, -0.15) is 5.26 Å². The van der Waals surface area contributed by atoms with Gasteiger partial charge in [-0.25, -0.2) is 4.39 Å². The Kier molecular flexibility index (Phi) is 5.34. The van der Waals surface area contributed by atoms with Crippen molar-refractivity contribution in [2.24, 2.45) is 5.92 Å². The molecule has 134 valence electrons. The van der Waals surface area contributed by atoms with Crippen molar-refractivity contribution < 1.29 is 9.18 Å². The molecule has 2 atom stereocenters. The van der Waals surface area contributed by atoms with Crippen LogP contribution in [0.1, 0.15) is 36.9 Å². The molecule has 1 aliphatic rings. The van der Waals surface area contributed by atoms with E-state index in [4.69, 9.17) is 0 Å². The van der Waals surface area contributed by atoms with E-state index in [1.165, 1.54) is 12.1 Å². The molecule has 4 nitrogen and oxygen atoms in total. The van der Waals surface area contributed by atoms with E-state index in [-0.39, 0.29) is 30.2 Å². The van der Waals surface area contributed by atoms with E-state index < -0.39 is 5.54 Å². The van der Waals surface area contributed by atoms with Crippen LogP contribution < -0.4 is 10.6 Å². The molecule has 0 saturated heterocycles. The van der Waals surface area contributed by atoms with Gasteiger partial charge in [-0.15, -0.1) is 0 Å². The minimum atomic E-state index is -0.809. The van der Waals surface area contributed by atoms with Gasteiger partial charge in [0.2, 0.25) is 5.91 Å². The number of carbonyl (C=O) groups excluding carboxylic acids is 1. The van der Waals surface area contributed by atoms with Gasteiger partial charge in [0.05, 0.1) is 18.7 Å². The lowest BCUT2D eigenvalue weighted by molar-refractivity contribution is -0.121. The molecular weight excluding hydrogens is 329 g/mol. The summed E-state index contributed by atoms with van der Waals surface area (Å²) in [5.41, 5.74) is 1.05. The first-order valence-corrected chi connectivity index (χ1v) is 8.78. The van der Waals surface area contributed by atoms with Gasteiger partial charge in [0.15, 0.2) is 0 Å². The van der Waals surface area contributed by atoms with Crippen molar-refractivity contribution in [1.29, 1.82) is 5.26 Å². The normalized spacial score (nSPS) is 17.0. The van der Waals surface area contributed by atoms with Gasteiger partial charge in [0.25, 0.3) is 0 Å². The summed E-state index contributed by atoms with van der Waals surface area (Å²) in [6.45, 7) is 1.85. The number of nitrogens with zero attached hydrogens (tertiary/aromatic N) is 1. The number of halogens is 1. The molecule has 0 heterocycles. The SMILES string of the molecule is CC(C#N)(NC(=O)CNC(c1ccccc1)c1ccc(F)cc1)C1CC1. The van der Waals surface area contributed by atoms with Gasteiger partial charge in [-0.05, 0) is 48.9 Å². The van der Waals surface area contributed by atoms with E-state index in [1.54, 1.807) is 19.1 Å². The topological polar surface area (TPSA) is 64.9 Å². The zero-order valence-electron chi connectivity index (χ0n) is 14.7. The molecule has 2 N–H and O–H groups in total. The van der Waals surface area contributed by atoms with E-state index >= 15 is 0 Å². The van der Waals surface area contributed by atoms with Crippen LogP contribution in [0, 0.1) is 23.1 Å². The molecule has 0 radical (unpaired) electrons. The fourth-order valence-electron chi connectivity index (χ4n) is 3.14. The third-order valence-corrected chi connectivity index (χ3v) is 4.83. The Morgan fingerprint density at radius 2 is 1.81 bits per heavy atom. The molecule has 3 rings (SSSR count). The standard InChI is InChI=1S/C21H22FN3O/c1-21(14-23,17-9-10-17)25-19(26)13-24-20(15-5-3-2-4-6-15)16-7-11-18(22)12-8-16/h2-8,11-12,17,20,24H,9-10,13H2,1H3,(H,25,26). The Hall–Kier alpha value is -2.71. The number of nitrogens with one attached hydrogen (secondary N) is 2. The summed E-state index contributed by atoms with van der Waals surface area (Å²) in [6.07, 6.45) is 1.94. The Balaban J connectivity index is 1.71. The molecule has 1 saturated carbocycles. The van der Waals surface area contributed by atoms with E-state index in [0.717, 1.165) is 24.0 Å². The maximum absolute atomic E-state index is 13.3. The summed E-state index contributed by atoms with van der Waals surface area (Å²) in [5.74, 6) is -0.282. The molecular formula is C21H22FN3O. The Morgan fingerprint density at radius 1 is 1.19 bits per heavy atom. The summed E-state index contributed by atoms with van der Waals surface area (Å²) in [4.78, 5) is 12.4. The largest absolute Gasteiger partial charge is 0.337 e. The Labute approximate surface area is 153 Å². The van der Waals surface area contributed by atoms with Crippen LogP contribution in [0.3, 0.4) is 0 Å². The Morgan fingerprint density at radius 3 is 2.38 bits per heavy atom. The number of hydrogen-bond donors (Lipinski definition) is 2. The van der Waals surface area contributed by atoms with Crippen LogP contribution in [0.2, 0.25) is 0 Å². The van der Waals surface area contributed by atoms with Crippen LogP contribution >= 0.6 is 0 Å². The van der Waals surface area contributed by atoms with Crippen molar-refractivity contribution in [3.8, 4) is 6.07 Å². The lowest BCUT2D eigenvalue weighted by Gasteiger charge is -2.24. The number of amides is 1. The average molecular weight is 351 g/mol. The highest BCUT2D eigenvalue weighted by Gasteiger charge is 2.42. The molecule has 2 unspecified atom stereocenters. The van der Waals surface area contributed by atoms with Crippen LogP contribution in [0.15, 0.2) is 54.6 Å². The van der Waals surface area contributed by atoms with Crippen LogP contribution in [-0.2, 0) is 4.79 Å². The van der Waals surface area contributed by atoms with Crippen molar-refractivity contribution in [3.05, 3.63) is 71.5 Å². The van der Waals surface area contributed by atoms with Gasteiger partial charge >= 0.3 is 0 Å². The number of rotatable bonds is 7. The third-order valence-electron chi connectivity index (χ3n) is 4.83. The fourth-order valence-corrected chi connectivity index (χ4v) is 3.14. The number of benzene rings is 2. The molecule has 1 aliphatic carbocycles. The van der Waals surface area contributed by atoms with Gasteiger partial charge in [0.1, 0.15) is 11.4 Å². The first kappa shape index (κ1) is 18.1. The van der Waals surface area contributed by atoms with Crippen molar-refractivity contribution in [3.63, 3.8) is 0 Å². The predicted molar refractivity (Wildman–Crippen MR) is 97.6 cm³/mol. The smallest absolute Gasteiger partial charge is 0.235 e. The second kappa shape index (κ2) is 7.67. The maximum Gasteiger partial charge on any atom is 0.235 e. The summed E-state index contributed by atoms with van der Waals surface area (Å²) >= 11 is 0. The fraction of sp³-hybridized carbons (Fsp3) is 0.333. The molecule has 0 aliphatic heterocycles. The second-order valence-electron chi connectivity index (χ2n) is 6.91. The van der Waals surface area contributed by atoms with E-state index in [9.17, 15) is 14.4 Å². The van der Waals surface area contributed by atoms with E-state index in [0.29, 0.717) is 0 Å². The first-order chi connectivity index (χ1) is 12.5. The highest BCUT2D eigenvalue weighted by molar-refractivity contribution is 5.79. The average Bonchev–Trinajstić information content (AvgIpc) is 3.50. The molecule has 2 aromatic rings. The summed E-state index contributed by atoms with van der Waals surface area (Å²) in [6, 6.07) is 17.9. The minimum Gasteiger partial charge on any atom is -0.337 e. The van der Waals surface area contributed by atoms with Crippen LogP contribution in [0.5, 0.6) is 0 Å². The highest BCUT2D eigenvalue weighted by Crippen LogP contribution is 2.39. The first-order valence-electron chi connectivity index (χ1n) is 8.78. The van der Waals surface area contributed by atoms with Crippen molar-refractivity contribution in [1.82, 2.24) is 10.6 Å². The van der Waals surface area contributed by atoms with Gasteiger partial charge < -0.3 is 5.32 Å². The lowest BCUT2D eigenvalue weighted by Crippen LogP contribution is -2.49. The molecule has 0 bridgehead atoms. The molecule has 1 amide bonds. The zero-order valence-corrected chi connectivity index (χ0v) is 14.7. The van der Waals surface area contributed by atoms with Crippen molar-refractivity contribution >= 4 is 5.91 Å². The third kappa shape index (κ3) is 4.27. The lowest BCUT2D eigenvalue weighted by atomic mass is 9.97. The summed E-state index contributed by atoms with van der Waals surface area (Å²) < 4.78 is 13.3. The van der Waals surface area contributed by atoms with Crippen LogP contribution in [0.25, 0.3) is 0 Å². The molecule has 0 aromatic heterocycles. The highest BCUT2D eigenvalue weighted by atomic mass is 19.1. The molecule has 5 heteroatoms. The minimum absolute atomic E-state index is 0.0704. The molecule has 2 aromatic carbocycles. The van der Waals surface area contributed by atoms with Crippen molar-refractivity contribution in [2.45, 2.75) is 31.3 Å². The van der Waals surface area contributed by atoms with Crippen molar-refractivity contribution in [2.75, 3.05) is 6.54 Å². The zero-order chi connectivity index (χ0) is 18.6. The van der Waals surface area contributed by atoms with Crippen LogP contribution in [0.4, 0.5) is 4.39 Å². The van der Waals surface area contributed by atoms with Gasteiger partial charge in [-0.1, -0.05) is 42.5 Å². The molecule has 0 spiro atoms. The predicted octanol–water partition coefficient (Wildman–Crippen LogP) is 3.31. The maximum atomic E-state index is 13.3. The Bertz CT molecular complexity index is 796. The summed E-state index contributed by atoms with van der Waals surface area (Å²) in [7, 11) is 0. The van der Waals surface area contributed by atoms with Gasteiger partial charge in [0, 0.05) is 0 Å². The molecule has 26 heavy (non-hydrogen) atoms. The number of hydrogen-bond acceptors (Lipinski definition) is 3. The van der Waals surface area contributed by atoms with E-state index in [2.05, 4.69) is 16.7 Å². The number of carbonyl (C=O) groups is 1. The summed E-state index contributed by atoms with van der Waals surface area (Å²) in [5, 5.41) is 15.5. The molecule has 1 fully saturated rings. The number of nitriles is 1.